The van der Waals surface area contributed by atoms with Crippen LogP contribution in [-0.4, -0.2) is 18.1 Å². The van der Waals surface area contributed by atoms with E-state index >= 15 is 0 Å². The zero-order valence-corrected chi connectivity index (χ0v) is 19.9. The second-order valence-corrected chi connectivity index (χ2v) is 8.61. The van der Waals surface area contributed by atoms with Gasteiger partial charge in [0, 0.05) is 5.56 Å². The van der Waals surface area contributed by atoms with E-state index in [0.717, 1.165) is 0 Å². The molecule has 0 saturated carbocycles. The molecule has 1 atom stereocenters. The highest BCUT2D eigenvalue weighted by atomic mass is 35.5. The molecule has 8 heteroatoms. The Labute approximate surface area is 207 Å². The number of benzene rings is 3. The maximum absolute atomic E-state index is 14.0. The molecule has 0 bridgehead atoms. The van der Waals surface area contributed by atoms with E-state index in [9.17, 15) is 14.0 Å². The molecule has 3 aromatic rings. The highest BCUT2D eigenvalue weighted by Gasteiger charge is 2.34. The summed E-state index contributed by atoms with van der Waals surface area (Å²) in [5.41, 5.74) is 2.28. The summed E-state index contributed by atoms with van der Waals surface area (Å²) in [5, 5.41) is 5.85. The van der Waals surface area contributed by atoms with Gasteiger partial charge in [0.1, 0.15) is 18.2 Å². The number of hydrogen-bond donors (Lipinski definition) is 2. The first-order valence-corrected chi connectivity index (χ1v) is 11.4. The third-order valence-corrected chi connectivity index (χ3v) is 5.71. The molecule has 1 unspecified atom stereocenters. The zero-order chi connectivity index (χ0) is 24.9. The van der Waals surface area contributed by atoms with Gasteiger partial charge in [-0.3, -0.25) is 0 Å². The van der Waals surface area contributed by atoms with Crippen molar-refractivity contribution in [1.29, 1.82) is 0 Å². The highest BCUT2D eigenvalue weighted by molar-refractivity contribution is 6.31. The largest absolute Gasteiger partial charge is 0.489 e. The number of carbonyl (C=O) groups is 2. The number of urea groups is 1. The minimum Gasteiger partial charge on any atom is -0.489 e. The van der Waals surface area contributed by atoms with Crippen molar-refractivity contribution in [3.63, 3.8) is 0 Å². The van der Waals surface area contributed by atoms with Crippen molar-refractivity contribution in [2.75, 3.05) is 0 Å². The van der Waals surface area contributed by atoms with Crippen molar-refractivity contribution in [1.82, 2.24) is 10.6 Å². The van der Waals surface area contributed by atoms with Crippen LogP contribution in [0.5, 0.6) is 5.75 Å². The molecule has 0 aromatic heterocycles. The molecule has 0 saturated heterocycles. The van der Waals surface area contributed by atoms with Gasteiger partial charge < -0.3 is 20.1 Å². The van der Waals surface area contributed by atoms with Crippen LogP contribution in [0.4, 0.5) is 9.18 Å². The Morgan fingerprint density at radius 2 is 1.74 bits per heavy atom. The molecule has 2 N–H and O–H groups in total. The van der Waals surface area contributed by atoms with Crippen molar-refractivity contribution in [2.45, 2.75) is 32.6 Å². The van der Waals surface area contributed by atoms with E-state index in [1.165, 1.54) is 12.1 Å². The van der Waals surface area contributed by atoms with Crippen LogP contribution in [0.3, 0.4) is 0 Å². The third-order valence-electron chi connectivity index (χ3n) is 5.36. The minimum absolute atomic E-state index is 0.0427. The van der Waals surface area contributed by atoms with Crippen LogP contribution in [0.25, 0.3) is 5.70 Å². The Hall–Kier alpha value is -3.84. The predicted octanol–water partition coefficient (Wildman–Crippen LogP) is 5.77. The summed E-state index contributed by atoms with van der Waals surface area (Å²) in [6.45, 7) is 3.48. The standard InChI is InChI=1S/C27H24ClFN2O4/c1-16(2)35-26(32)23-24(17-7-4-3-5-8-17)30-27(33)31-25(23)18-11-13-19(14-12-18)34-15-20-21(28)9-6-10-22(20)29/h3-14,16,25H,15H2,1-2H3,(H2,30,31,33). The first kappa shape index (κ1) is 24.3. The van der Waals surface area contributed by atoms with Crippen LogP contribution in [0, 0.1) is 5.82 Å². The lowest BCUT2D eigenvalue weighted by atomic mass is 9.92. The first-order chi connectivity index (χ1) is 16.8. The summed E-state index contributed by atoms with van der Waals surface area (Å²) >= 11 is 6.07. The Balaban J connectivity index is 1.64. The second-order valence-electron chi connectivity index (χ2n) is 8.20. The predicted molar refractivity (Wildman–Crippen MR) is 131 cm³/mol. The van der Waals surface area contributed by atoms with Crippen molar-refractivity contribution in [2.24, 2.45) is 0 Å². The Morgan fingerprint density at radius 1 is 1.03 bits per heavy atom. The number of amides is 2. The monoisotopic (exact) mass is 494 g/mol. The lowest BCUT2D eigenvalue weighted by Gasteiger charge is -2.30. The van der Waals surface area contributed by atoms with Gasteiger partial charge in [0.25, 0.3) is 0 Å². The fourth-order valence-electron chi connectivity index (χ4n) is 3.73. The van der Waals surface area contributed by atoms with Gasteiger partial charge in [-0.15, -0.1) is 0 Å². The summed E-state index contributed by atoms with van der Waals surface area (Å²) in [6.07, 6.45) is -0.341. The molecule has 1 heterocycles. The SMILES string of the molecule is CC(C)OC(=O)C1=C(c2ccccc2)NC(=O)NC1c1ccc(OCc2c(F)cccc2Cl)cc1. The van der Waals surface area contributed by atoms with Gasteiger partial charge in [-0.25, -0.2) is 14.0 Å². The van der Waals surface area contributed by atoms with Gasteiger partial charge in [-0.2, -0.15) is 0 Å². The number of rotatable bonds is 7. The highest BCUT2D eigenvalue weighted by Crippen LogP contribution is 2.33. The lowest BCUT2D eigenvalue weighted by molar-refractivity contribution is -0.143. The number of ether oxygens (including phenoxy) is 2. The van der Waals surface area contributed by atoms with E-state index in [0.29, 0.717) is 22.6 Å². The van der Waals surface area contributed by atoms with E-state index in [2.05, 4.69) is 10.6 Å². The van der Waals surface area contributed by atoms with Crippen molar-refractivity contribution >= 4 is 29.3 Å². The number of carbonyl (C=O) groups excluding carboxylic acids is 2. The van der Waals surface area contributed by atoms with Gasteiger partial charge in [0.2, 0.25) is 0 Å². The van der Waals surface area contributed by atoms with E-state index in [1.54, 1.807) is 44.2 Å². The Bertz CT molecular complexity index is 1240. The van der Waals surface area contributed by atoms with Gasteiger partial charge in [-0.1, -0.05) is 60.1 Å². The van der Waals surface area contributed by atoms with Gasteiger partial charge in [0.15, 0.2) is 0 Å². The molecule has 0 spiro atoms. The molecular formula is C27H24ClFN2O4. The number of esters is 1. The Kier molecular flexibility index (Phi) is 7.36. The summed E-state index contributed by atoms with van der Waals surface area (Å²) in [5.74, 6) is -0.504. The van der Waals surface area contributed by atoms with E-state index < -0.39 is 23.9 Å². The Morgan fingerprint density at radius 3 is 2.40 bits per heavy atom. The number of nitrogens with one attached hydrogen (secondary N) is 2. The fourth-order valence-corrected chi connectivity index (χ4v) is 3.94. The van der Waals surface area contributed by atoms with Gasteiger partial charge in [-0.05, 0) is 49.2 Å². The van der Waals surface area contributed by atoms with Crippen LogP contribution in [0.1, 0.15) is 36.6 Å². The third kappa shape index (κ3) is 5.63. The number of halogens is 2. The zero-order valence-electron chi connectivity index (χ0n) is 19.2. The molecule has 3 aromatic carbocycles. The van der Waals surface area contributed by atoms with Gasteiger partial charge >= 0.3 is 12.0 Å². The van der Waals surface area contributed by atoms with E-state index in [4.69, 9.17) is 21.1 Å². The molecule has 2 amide bonds. The molecule has 1 aliphatic heterocycles. The summed E-state index contributed by atoms with van der Waals surface area (Å²) in [4.78, 5) is 25.7. The molecule has 6 nitrogen and oxygen atoms in total. The van der Waals surface area contributed by atoms with Crippen molar-refractivity contribution in [3.05, 3.63) is 106 Å². The molecule has 180 valence electrons. The fraction of sp³-hybridized carbons (Fsp3) is 0.185. The first-order valence-electron chi connectivity index (χ1n) is 11.1. The molecule has 0 fully saturated rings. The summed E-state index contributed by atoms with van der Waals surface area (Å²) in [7, 11) is 0. The average molecular weight is 495 g/mol. The average Bonchev–Trinajstić information content (AvgIpc) is 2.83. The van der Waals surface area contributed by atoms with Gasteiger partial charge in [0.05, 0.1) is 28.4 Å². The molecule has 1 aliphatic rings. The van der Waals surface area contributed by atoms with E-state index in [-0.39, 0.29) is 28.9 Å². The maximum Gasteiger partial charge on any atom is 0.338 e. The van der Waals surface area contributed by atoms with Crippen LogP contribution in [0.15, 0.2) is 78.4 Å². The van der Waals surface area contributed by atoms with Crippen molar-refractivity contribution < 1.29 is 23.5 Å². The minimum atomic E-state index is -0.750. The summed E-state index contributed by atoms with van der Waals surface area (Å²) in [6, 6.07) is 19.2. The molecule has 35 heavy (non-hydrogen) atoms. The quantitative estimate of drug-likeness (QED) is 0.408. The molecule has 0 aliphatic carbocycles. The molecular weight excluding hydrogens is 471 g/mol. The molecule has 4 rings (SSSR count). The normalized spacial score (nSPS) is 15.5. The number of hydrogen-bond acceptors (Lipinski definition) is 4. The van der Waals surface area contributed by atoms with Crippen LogP contribution in [-0.2, 0) is 16.1 Å². The summed E-state index contributed by atoms with van der Waals surface area (Å²) < 4.78 is 25.2. The molecule has 0 radical (unpaired) electrons. The van der Waals surface area contributed by atoms with Crippen LogP contribution in [0.2, 0.25) is 5.02 Å². The van der Waals surface area contributed by atoms with Crippen molar-refractivity contribution in [3.8, 4) is 5.75 Å². The smallest absolute Gasteiger partial charge is 0.338 e. The second kappa shape index (κ2) is 10.6. The van der Waals surface area contributed by atoms with E-state index in [1.807, 2.05) is 30.3 Å². The lowest BCUT2D eigenvalue weighted by Crippen LogP contribution is -2.45. The topological polar surface area (TPSA) is 76.7 Å². The maximum atomic E-state index is 14.0. The van der Waals surface area contributed by atoms with Crippen LogP contribution < -0.4 is 15.4 Å². The van der Waals surface area contributed by atoms with Crippen LogP contribution >= 0.6 is 11.6 Å².